The Kier molecular flexibility index (Phi) is 8.98. The zero-order valence-electron chi connectivity index (χ0n) is 22.4. The minimum absolute atomic E-state index is 0.120. The van der Waals surface area contributed by atoms with Gasteiger partial charge < -0.3 is 30.7 Å². The van der Waals surface area contributed by atoms with E-state index >= 15 is 0 Å². The Morgan fingerprint density at radius 3 is 2.16 bits per heavy atom. The second-order valence-electron chi connectivity index (χ2n) is 10.4. The number of carbonyl (C=O) groups excluding carboxylic acids is 4. The highest BCUT2D eigenvalue weighted by atomic mass is 16.6. The Labute approximate surface area is 222 Å². The van der Waals surface area contributed by atoms with Gasteiger partial charge in [-0.25, -0.2) is 4.79 Å². The van der Waals surface area contributed by atoms with E-state index in [0.717, 1.165) is 0 Å². The predicted octanol–water partition coefficient (Wildman–Crippen LogP) is 3.38. The number of nitrogens with two attached hydrogens (primary N) is 1. The normalized spacial score (nSPS) is 17.9. The van der Waals surface area contributed by atoms with Crippen LogP contribution in [0.5, 0.6) is 5.75 Å². The van der Waals surface area contributed by atoms with E-state index in [0.29, 0.717) is 23.4 Å². The summed E-state index contributed by atoms with van der Waals surface area (Å²) in [6.45, 7) is 7.03. The summed E-state index contributed by atoms with van der Waals surface area (Å²) in [4.78, 5) is 53.7. The van der Waals surface area contributed by atoms with Crippen molar-refractivity contribution in [1.29, 1.82) is 0 Å². The molecule has 1 saturated carbocycles. The molecule has 1 fully saturated rings. The Morgan fingerprint density at radius 1 is 1.05 bits per heavy atom. The topological polar surface area (TPSA) is 140 Å². The van der Waals surface area contributed by atoms with Gasteiger partial charge in [-0.05, 0) is 62.9 Å². The van der Waals surface area contributed by atoms with E-state index in [9.17, 15) is 19.2 Å². The molecule has 10 heteroatoms. The molecule has 1 aliphatic carbocycles. The highest BCUT2D eigenvalue weighted by molar-refractivity contribution is 6.00. The summed E-state index contributed by atoms with van der Waals surface area (Å²) < 4.78 is 10.5. The molecule has 4 unspecified atom stereocenters. The number of hydrogen-bond acceptors (Lipinski definition) is 6. The maximum atomic E-state index is 14.0. The molecule has 3 rings (SSSR count). The molecule has 0 aliphatic heterocycles. The molecule has 38 heavy (non-hydrogen) atoms. The van der Waals surface area contributed by atoms with Gasteiger partial charge in [0.15, 0.2) is 0 Å². The number of nitrogens with one attached hydrogen (secondary N) is 2. The van der Waals surface area contributed by atoms with Crippen molar-refractivity contribution in [3.63, 3.8) is 0 Å². The molecule has 2 aromatic rings. The van der Waals surface area contributed by atoms with E-state index < -0.39 is 47.9 Å². The first-order chi connectivity index (χ1) is 17.9. The molecule has 1 aliphatic rings. The Hall–Kier alpha value is -4.08. The number of primary amides is 1. The lowest BCUT2D eigenvalue weighted by atomic mass is 10.0. The fraction of sp³-hybridized carbons (Fsp3) is 0.429. The molecule has 0 saturated heterocycles. The molecule has 204 valence electrons. The molecular weight excluding hydrogens is 488 g/mol. The molecule has 0 bridgehead atoms. The molecule has 2 aromatic carbocycles. The highest BCUT2D eigenvalue weighted by Crippen LogP contribution is 2.41. The third kappa shape index (κ3) is 7.71. The third-order valence-corrected chi connectivity index (χ3v) is 6.07. The second-order valence-corrected chi connectivity index (χ2v) is 10.4. The average molecular weight is 525 g/mol. The SMILES string of the molecule is COc1ccc(NC(=O)C(c2ccccc2)N(C(=O)C(CC(N)=O)NC(=O)OC(C)(C)C)C2CC2C)cc1. The van der Waals surface area contributed by atoms with Gasteiger partial charge >= 0.3 is 6.09 Å². The largest absolute Gasteiger partial charge is 0.497 e. The van der Waals surface area contributed by atoms with Crippen LogP contribution in [-0.2, 0) is 19.1 Å². The van der Waals surface area contributed by atoms with E-state index in [1.807, 2.05) is 13.0 Å². The Balaban J connectivity index is 1.98. The Bertz CT molecular complexity index is 1150. The van der Waals surface area contributed by atoms with Crippen LogP contribution in [0, 0.1) is 5.92 Å². The Morgan fingerprint density at radius 2 is 1.66 bits per heavy atom. The number of rotatable bonds is 10. The van der Waals surface area contributed by atoms with Crippen molar-refractivity contribution < 1.29 is 28.7 Å². The quantitative estimate of drug-likeness (QED) is 0.435. The van der Waals surface area contributed by atoms with Crippen molar-refractivity contribution in [1.82, 2.24) is 10.2 Å². The van der Waals surface area contributed by atoms with Crippen LogP contribution in [0.15, 0.2) is 54.6 Å². The fourth-order valence-corrected chi connectivity index (χ4v) is 4.16. The van der Waals surface area contributed by atoms with Crippen molar-refractivity contribution in [3.8, 4) is 5.75 Å². The van der Waals surface area contributed by atoms with Crippen molar-refractivity contribution in [2.45, 2.75) is 64.3 Å². The van der Waals surface area contributed by atoms with Crippen molar-refractivity contribution in [2.75, 3.05) is 12.4 Å². The van der Waals surface area contributed by atoms with Crippen LogP contribution in [0.4, 0.5) is 10.5 Å². The van der Waals surface area contributed by atoms with Gasteiger partial charge in [-0.1, -0.05) is 37.3 Å². The standard InChI is InChI=1S/C28H36N4O6/c1-17-15-22(17)32(26(35)21(16-23(29)33)31-27(36)38-28(2,3)4)24(18-9-7-6-8-10-18)25(34)30-19-11-13-20(37-5)14-12-19/h6-14,17,21-22,24H,15-16H2,1-5H3,(H2,29,33)(H,30,34)(H,31,36). The van der Waals surface area contributed by atoms with Crippen LogP contribution in [0.2, 0.25) is 0 Å². The zero-order valence-corrected chi connectivity index (χ0v) is 22.4. The summed E-state index contributed by atoms with van der Waals surface area (Å²) in [7, 11) is 1.55. The monoisotopic (exact) mass is 524 g/mol. The molecule has 0 radical (unpaired) electrons. The van der Waals surface area contributed by atoms with Crippen molar-refractivity contribution >= 4 is 29.5 Å². The number of carbonyl (C=O) groups is 4. The molecule has 4 N–H and O–H groups in total. The van der Waals surface area contributed by atoms with Crippen LogP contribution < -0.4 is 21.1 Å². The lowest BCUT2D eigenvalue weighted by molar-refractivity contribution is -0.142. The summed E-state index contributed by atoms with van der Waals surface area (Å²) in [6.07, 6.45) is -0.641. The highest BCUT2D eigenvalue weighted by Gasteiger charge is 2.48. The van der Waals surface area contributed by atoms with Gasteiger partial charge in [-0.2, -0.15) is 0 Å². The number of hydrogen-bond donors (Lipinski definition) is 3. The van der Waals surface area contributed by atoms with Gasteiger partial charge in [0.2, 0.25) is 11.8 Å². The van der Waals surface area contributed by atoms with Crippen LogP contribution >= 0.6 is 0 Å². The first-order valence-corrected chi connectivity index (χ1v) is 12.5. The zero-order chi connectivity index (χ0) is 28.0. The first kappa shape index (κ1) is 28.5. The summed E-state index contributed by atoms with van der Waals surface area (Å²) >= 11 is 0. The molecule has 4 amide bonds. The molecular formula is C28H36N4O6. The summed E-state index contributed by atoms with van der Waals surface area (Å²) in [6, 6.07) is 13.1. The van der Waals surface area contributed by atoms with Crippen molar-refractivity contribution in [2.24, 2.45) is 11.7 Å². The van der Waals surface area contributed by atoms with E-state index in [1.54, 1.807) is 76.4 Å². The van der Waals surface area contributed by atoms with Gasteiger partial charge in [-0.15, -0.1) is 0 Å². The minimum atomic E-state index is -1.31. The fourth-order valence-electron chi connectivity index (χ4n) is 4.16. The molecule has 0 spiro atoms. The first-order valence-electron chi connectivity index (χ1n) is 12.5. The minimum Gasteiger partial charge on any atom is -0.497 e. The summed E-state index contributed by atoms with van der Waals surface area (Å²) in [5.74, 6) is -1.06. The van der Waals surface area contributed by atoms with Crippen LogP contribution in [0.1, 0.15) is 52.1 Å². The number of methoxy groups -OCH3 is 1. The maximum absolute atomic E-state index is 14.0. The summed E-state index contributed by atoms with van der Waals surface area (Å²) in [5.41, 5.74) is 5.72. The summed E-state index contributed by atoms with van der Waals surface area (Å²) in [5, 5.41) is 5.38. The van der Waals surface area contributed by atoms with E-state index in [-0.39, 0.29) is 12.0 Å². The number of anilines is 1. The molecule has 0 heterocycles. The number of ether oxygens (including phenoxy) is 2. The van der Waals surface area contributed by atoms with E-state index in [2.05, 4.69) is 10.6 Å². The van der Waals surface area contributed by atoms with Crippen LogP contribution in [0.3, 0.4) is 0 Å². The van der Waals surface area contributed by atoms with Crippen LogP contribution in [-0.4, -0.2) is 53.5 Å². The molecule has 0 aromatic heterocycles. The van der Waals surface area contributed by atoms with Gasteiger partial charge in [0.05, 0.1) is 13.5 Å². The van der Waals surface area contributed by atoms with Gasteiger partial charge in [-0.3, -0.25) is 14.4 Å². The smallest absolute Gasteiger partial charge is 0.408 e. The molecule has 4 atom stereocenters. The van der Waals surface area contributed by atoms with E-state index in [1.165, 1.54) is 4.90 Å². The van der Waals surface area contributed by atoms with Gasteiger partial charge in [0.25, 0.3) is 5.91 Å². The number of benzene rings is 2. The predicted molar refractivity (Wildman–Crippen MR) is 142 cm³/mol. The van der Waals surface area contributed by atoms with Gasteiger partial charge in [0, 0.05) is 11.7 Å². The van der Waals surface area contributed by atoms with Crippen LogP contribution in [0.25, 0.3) is 0 Å². The maximum Gasteiger partial charge on any atom is 0.408 e. The number of amides is 4. The van der Waals surface area contributed by atoms with Gasteiger partial charge in [0.1, 0.15) is 23.4 Å². The van der Waals surface area contributed by atoms with E-state index in [4.69, 9.17) is 15.2 Å². The third-order valence-electron chi connectivity index (χ3n) is 6.07. The molecule has 10 nitrogen and oxygen atoms in total. The number of nitrogens with zero attached hydrogens (tertiary/aromatic N) is 1. The average Bonchev–Trinajstić information content (AvgIpc) is 3.56. The lowest BCUT2D eigenvalue weighted by Gasteiger charge is -2.34. The number of alkyl carbamates (subject to hydrolysis) is 1. The lowest BCUT2D eigenvalue weighted by Crippen LogP contribution is -2.54. The van der Waals surface area contributed by atoms with Crippen molar-refractivity contribution in [3.05, 3.63) is 60.2 Å². The second kappa shape index (κ2) is 12.0.